The molecule has 12 heteroatoms. The molecule has 1 saturated heterocycles. The Bertz CT molecular complexity index is 2280. The van der Waals surface area contributed by atoms with Gasteiger partial charge in [-0.25, -0.2) is 4.68 Å². The Balaban J connectivity index is 1.11. The number of hydrogen-bond donors (Lipinski definition) is 3. The number of para-hydroxylation sites is 1. The van der Waals surface area contributed by atoms with E-state index in [1.54, 1.807) is 23.0 Å². The molecule has 2 amide bonds. The molecule has 0 bridgehead atoms. The summed E-state index contributed by atoms with van der Waals surface area (Å²) in [5.41, 5.74) is 3.68. The highest BCUT2D eigenvalue weighted by atomic mass is 28.4. The zero-order valence-corrected chi connectivity index (χ0v) is 31.3. The molecule has 0 radical (unpaired) electrons. The van der Waals surface area contributed by atoms with Gasteiger partial charge in [0.15, 0.2) is 13.9 Å². The van der Waals surface area contributed by atoms with Crippen LogP contribution >= 0.6 is 0 Å². The lowest BCUT2D eigenvalue weighted by atomic mass is 9.82. The number of aliphatic hydroxyl groups is 1. The van der Waals surface area contributed by atoms with Crippen molar-refractivity contribution in [3.8, 4) is 11.4 Å². The van der Waals surface area contributed by atoms with Gasteiger partial charge in [-0.05, 0) is 78.7 Å². The first kappa shape index (κ1) is 35.0. The summed E-state index contributed by atoms with van der Waals surface area (Å²) in [4.78, 5) is 57.5. The van der Waals surface area contributed by atoms with Crippen LogP contribution in [-0.4, -0.2) is 70.6 Å². The predicted molar refractivity (Wildman–Crippen MR) is 203 cm³/mol. The van der Waals surface area contributed by atoms with Crippen LogP contribution in [0, 0.1) is 5.92 Å². The molecule has 53 heavy (non-hydrogen) atoms. The van der Waals surface area contributed by atoms with E-state index in [1.165, 1.54) is 4.68 Å². The number of hydrogen-bond acceptors (Lipinski definition) is 7. The summed E-state index contributed by atoms with van der Waals surface area (Å²) >= 11 is 0. The molecule has 0 saturated carbocycles. The van der Waals surface area contributed by atoms with Crippen LogP contribution in [0.25, 0.3) is 16.6 Å². The number of aromatic amines is 1. The maximum absolute atomic E-state index is 15.0. The highest BCUT2D eigenvalue weighted by Crippen LogP contribution is 2.60. The molecule has 1 spiro atoms. The first-order valence-corrected chi connectivity index (χ1v) is 21.1. The average molecular weight is 733 g/mol. The van der Waals surface area contributed by atoms with Crippen LogP contribution in [-0.2, 0) is 39.4 Å². The summed E-state index contributed by atoms with van der Waals surface area (Å²) in [6.07, 6.45) is -0.223. The lowest BCUT2D eigenvalue weighted by molar-refractivity contribution is -0.151. The molecule has 5 aromatic rings. The van der Waals surface area contributed by atoms with Gasteiger partial charge in [-0.2, -0.15) is 0 Å². The number of anilines is 1. The molecule has 3 aliphatic heterocycles. The SMILES string of the molecule is COc1ccc2c(c1)[C@]1(O[C@@H](CC(=O)N3Cc4ccccc4C[C@H]3CO)[C@H]([Si](C)(C)O)[C@H]1C)C(=O)N2Cc1ccc(-n2[nH]c3ccccc3c2=O)cc1. The minimum atomic E-state index is -3.05. The number of rotatable bonds is 8. The second-order valence-electron chi connectivity index (χ2n) is 15.1. The number of carbonyl (C=O) groups excluding carboxylic acids is 2. The molecule has 1 aromatic heterocycles. The maximum Gasteiger partial charge on any atom is 0.279 e. The number of H-pyrrole nitrogens is 1. The van der Waals surface area contributed by atoms with Crippen molar-refractivity contribution in [2.24, 2.45) is 5.92 Å². The fourth-order valence-corrected chi connectivity index (χ4v) is 11.6. The van der Waals surface area contributed by atoms with Gasteiger partial charge < -0.3 is 29.2 Å². The standard InChI is InChI=1S/C41H44N4O7Si/c1-25-38(53(3,4)50)36(21-37(47)43-23-28-10-6-5-9-27(28)19-30(43)24-46)52-41(25)33-20-31(51-2)17-18-35(33)44(40(41)49)22-26-13-15-29(16-14-26)45-39(48)32-11-7-8-12-34(32)42-45/h5-18,20,25,30,36,38,42,46,50H,19,21-24H2,1-4H3/t25-,30+,36+,38-,41+/m1/s1. The summed E-state index contributed by atoms with van der Waals surface area (Å²) in [7, 11) is -1.47. The lowest BCUT2D eigenvalue weighted by Gasteiger charge is -2.37. The van der Waals surface area contributed by atoms with E-state index in [0.29, 0.717) is 41.0 Å². The normalized spacial score (nSPS) is 23.8. The van der Waals surface area contributed by atoms with Gasteiger partial charge in [-0.3, -0.25) is 19.5 Å². The lowest BCUT2D eigenvalue weighted by Crippen LogP contribution is -2.48. The number of methoxy groups -OCH3 is 1. The van der Waals surface area contributed by atoms with E-state index in [2.05, 4.69) is 5.10 Å². The Morgan fingerprint density at radius 2 is 1.72 bits per heavy atom. The zero-order chi connectivity index (χ0) is 37.2. The maximum atomic E-state index is 15.0. The summed E-state index contributed by atoms with van der Waals surface area (Å²) in [6.45, 7) is 6.06. The van der Waals surface area contributed by atoms with Gasteiger partial charge in [-0.15, -0.1) is 0 Å². The van der Waals surface area contributed by atoms with Crippen LogP contribution < -0.4 is 15.2 Å². The highest BCUT2D eigenvalue weighted by molar-refractivity contribution is 6.71. The Labute approximate surface area is 308 Å². The van der Waals surface area contributed by atoms with Crippen molar-refractivity contribution < 1.29 is 29.0 Å². The second-order valence-corrected chi connectivity index (χ2v) is 19.1. The molecule has 274 valence electrons. The Kier molecular flexibility index (Phi) is 8.68. The van der Waals surface area contributed by atoms with Crippen molar-refractivity contribution in [3.05, 3.63) is 124 Å². The third-order valence-electron chi connectivity index (χ3n) is 11.6. The summed E-state index contributed by atoms with van der Waals surface area (Å²) < 4.78 is 14.1. The Morgan fingerprint density at radius 3 is 2.42 bits per heavy atom. The minimum Gasteiger partial charge on any atom is -0.497 e. The van der Waals surface area contributed by atoms with Crippen LogP contribution in [0.1, 0.15) is 35.6 Å². The van der Waals surface area contributed by atoms with Crippen molar-refractivity contribution >= 4 is 36.7 Å². The monoisotopic (exact) mass is 732 g/mol. The number of aliphatic hydroxyl groups excluding tert-OH is 1. The predicted octanol–water partition coefficient (Wildman–Crippen LogP) is 5.01. The molecule has 4 aromatic carbocycles. The number of carbonyl (C=O) groups is 2. The van der Waals surface area contributed by atoms with Crippen LogP contribution in [0.2, 0.25) is 18.6 Å². The van der Waals surface area contributed by atoms with Gasteiger partial charge in [0, 0.05) is 23.6 Å². The van der Waals surface area contributed by atoms with Gasteiger partial charge in [-0.1, -0.05) is 55.5 Å². The number of fused-ring (bicyclic) bond motifs is 4. The van der Waals surface area contributed by atoms with Crippen LogP contribution in [0.3, 0.4) is 0 Å². The van der Waals surface area contributed by atoms with Crippen molar-refractivity contribution in [2.75, 3.05) is 18.6 Å². The van der Waals surface area contributed by atoms with E-state index < -0.39 is 31.5 Å². The molecule has 0 unspecified atom stereocenters. The van der Waals surface area contributed by atoms with Crippen molar-refractivity contribution in [1.29, 1.82) is 0 Å². The molecule has 0 aliphatic carbocycles. The average Bonchev–Trinajstić information content (AvgIpc) is 3.74. The van der Waals surface area contributed by atoms with E-state index in [9.17, 15) is 24.3 Å². The second kappa shape index (κ2) is 13.1. The van der Waals surface area contributed by atoms with Crippen LogP contribution in [0.4, 0.5) is 5.69 Å². The minimum absolute atomic E-state index is 0.0341. The van der Waals surface area contributed by atoms with E-state index in [-0.39, 0.29) is 43.0 Å². The first-order chi connectivity index (χ1) is 25.4. The fraction of sp³-hybridized carbons (Fsp3) is 0.341. The first-order valence-electron chi connectivity index (χ1n) is 18.1. The molecular weight excluding hydrogens is 689 g/mol. The highest BCUT2D eigenvalue weighted by Gasteiger charge is 2.66. The number of nitrogens with one attached hydrogen (secondary N) is 1. The molecule has 4 heterocycles. The number of amides is 2. The fourth-order valence-electron chi connectivity index (χ4n) is 9.05. The number of nitrogens with zero attached hydrogens (tertiary/aromatic N) is 3. The van der Waals surface area contributed by atoms with Gasteiger partial charge >= 0.3 is 0 Å². The van der Waals surface area contributed by atoms with E-state index in [1.807, 2.05) is 105 Å². The van der Waals surface area contributed by atoms with Crippen LogP contribution in [0.5, 0.6) is 5.75 Å². The molecule has 1 fully saturated rings. The summed E-state index contributed by atoms with van der Waals surface area (Å²) in [6, 6.07) is 27.9. The topological polar surface area (TPSA) is 137 Å². The molecule has 8 rings (SSSR count). The third kappa shape index (κ3) is 5.72. The Morgan fingerprint density at radius 1 is 1.00 bits per heavy atom. The summed E-state index contributed by atoms with van der Waals surface area (Å²) in [5, 5.41) is 14.1. The number of benzene rings is 4. The van der Waals surface area contributed by atoms with Crippen molar-refractivity contribution in [2.45, 2.75) is 69.2 Å². The van der Waals surface area contributed by atoms with Gasteiger partial charge in [0.25, 0.3) is 11.5 Å². The van der Waals surface area contributed by atoms with Crippen molar-refractivity contribution in [1.82, 2.24) is 14.7 Å². The zero-order valence-electron chi connectivity index (χ0n) is 30.3. The smallest absolute Gasteiger partial charge is 0.279 e. The van der Waals surface area contributed by atoms with Crippen LogP contribution in [0.15, 0.2) is 95.8 Å². The molecule has 3 N–H and O–H groups in total. The van der Waals surface area contributed by atoms with Gasteiger partial charge in [0.05, 0.1) is 61.1 Å². The van der Waals surface area contributed by atoms with E-state index >= 15 is 0 Å². The number of ether oxygens (including phenoxy) is 2. The van der Waals surface area contributed by atoms with Gasteiger partial charge in [0.1, 0.15) is 5.75 Å². The van der Waals surface area contributed by atoms with Crippen molar-refractivity contribution in [3.63, 3.8) is 0 Å². The van der Waals surface area contributed by atoms with E-state index in [0.717, 1.165) is 22.2 Å². The molecule has 3 aliphatic rings. The third-order valence-corrected chi connectivity index (χ3v) is 14.1. The molecular formula is C41H44N4O7Si. The van der Waals surface area contributed by atoms with Gasteiger partial charge in [0.2, 0.25) is 5.91 Å². The van der Waals surface area contributed by atoms with E-state index in [4.69, 9.17) is 9.47 Å². The Hall–Kier alpha value is -5.01. The molecule has 5 atom stereocenters. The molecule has 11 nitrogen and oxygen atoms in total. The quantitative estimate of drug-likeness (QED) is 0.191. The number of aromatic nitrogens is 2. The largest absolute Gasteiger partial charge is 0.497 e. The summed E-state index contributed by atoms with van der Waals surface area (Å²) in [5.74, 6) is -0.348.